The molecule has 0 saturated carbocycles. The number of aromatic nitrogens is 1. The van der Waals surface area contributed by atoms with Gasteiger partial charge >= 0.3 is 0 Å². The Kier molecular flexibility index (Phi) is 17.6. The second-order valence-corrected chi connectivity index (χ2v) is 12.6. The number of nitrogens with zero attached hydrogens (tertiary/aromatic N) is 1. The smallest absolute Gasteiger partial charge is 0.252 e. The zero-order chi connectivity index (χ0) is 35.0. The fraction of sp³-hybridized carbons (Fsp3) is 0.636. The number of nitrogens with one attached hydrogen (secondary N) is 6. The van der Waals surface area contributed by atoms with Gasteiger partial charge in [-0.25, -0.2) is 0 Å². The van der Waals surface area contributed by atoms with Crippen molar-refractivity contribution in [2.24, 2.45) is 23.5 Å². The first-order chi connectivity index (χ1) is 21.6. The summed E-state index contributed by atoms with van der Waals surface area (Å²) in [5, 5.41) is 17.8. The van der Waals surface area contributed by atoms with Gasteiger partial charge in [0.2, 0.25) is 23.6 Å². The van der Waals surface area contributed by atoms with Gasteiger partial charge in [-0.3, -0.25) is 29.0 Å². The Bertz CT molecular complexity index is 1160. The van der Waals surface area contributed by atoms with E-state index in [9.17, 15) is 24.0 Å². The first-order valence-corrected chi connectivity index (χ1v) is 16.2. The van der Waals surface area contributed by atoms with Crippen molar-refractivity contribution in [3.63, 3.8) is 0 Å². The first kappa shape index (κ1) is 40.0. The van der Waals surface area contributed by atoms with Crippen LogP contribution in [0.25, 0.3) is 0 Å². The van der Waals surface area contributed by atoms with E-state index < -0.39 is 41.9 Å². The molecule has 1 heterocycles. The van der Waals surface area contributed by atoms with Gasteiger partial charge in [-0.2, -0.15) is 0 Å². The van der Waals surface area contributed by atoms with Crippen LogP contribution >= 0.6 is 0 Å². The summed E-state index contributed by atoms with van der Waals surface area (Å²) in [4.78, 5) is 67.8. The lowest BCUT2D eigenvalue weighted by Gasteiger charge is -2.31. The second-order valence-electron chi connectivity index (χ2n) is 12.6. The zero-order valence-corrected chi connectivity index (χ0v) is 28.7. The number of pyridine rings is 1. The van der Waals surface area contributed by atoms with Crippen molar-refractivity contribution in [1.29, 1.82) is 0 Å². The number of hydrogen-bond donors (Lipinski definition) is 7. The Labute approximate surface area is 274 Å². The maximum Gasteiger partial charge on any atom is 0.252 e. The molecule has 0 bridgehead atoms. The molecule has 0 aromatic carbocycles. The standard InChI is InChI=1S/C33H56N8O5/c1-10-21(7)29(41-31(44)24-12-14-35-15-13-24)33(46)39-26(17-27(34)42)22(8)38-25(16-19(3)4)18-37-23(9)30(43)40-28(20(5)6)32(45)36-11-2/h12-15,19-21,23,25-26,28-29,37-38H,8,10-11,16-18H2,1-7,9H3,(H2,34,42)(H,36,45)(H,39,46)(H,40,43)(H,41,44)/t21-,23-,25?,26-,28?,29?/m0/s1. The highest BCUT2D eigenvalue weighted by atomic mass is 16.2. The lowest BCUT2D eigenvalue weighted by molar-refractivity contribution is -0.130. The molecule has 0 aliphatic rings. The van der Waals surface area contributed by atoms with E-state index in [1.807, 2.05) is 34.6 Å². The molecule has 0 radical (unpaired) electrons. The zero-order valence-electron chi connectivity index (χ0n) is 28.7. The minimum Gasteiger partial charge on any atom is -0.383 e. The van der Waals surface area contributed by atoms with Crippen LogP contribution in [0.1, 0.15) is 85.0 Å². The molecule has 1 aromatic rings. The van der Waals surface area contributed by atoms with Crippen molar-refractivity contribution in [1.82, 2.24) is 36.9 Å². The molecule has 0 fully saturated rings. The second kappa shape index (κ2) is 20.2. The minimum absolute atomic E-state index is 0.0948. The van der Waals surface area contributed by atoms with Crippen LogP contribution in [0, 0.1) is 17.8 Å². The van der Waals surface area contributed by atoms with Crippen molar-refractivity contribution in [2.45, 2.75) is 105 Å². The molecule has 1 aromatic heterocycles. The van der Waals surface area contributed by atoms with E-state index in [1.54, 1.807) is 19.1 Å². The third-order valence-electron chi connectivity index (χ3n) is 7.67. The number of amides is 5. The van der Waals surface area contributed by atoms with Gasteiger partial charge in [0.1, 0.15) is 12.1 Å². The highest BCUT2D eigenvalue weighted by Gasteiger charge is 2.30. The monoisotopic (exact) mass is 644 g/mol. The van der Waals surface area contributed by atoms with Crippen LogP contribution in [0.4, 0.5) is 0 Å². The van der Waals surface area contributed by atoms with Crippen molar-refractivity contribution in [3.8, 4) is 0 Å². The molecule has 0 aliphatic heterocycles. The summed E-state index contributed by atoms with van der Waals surface area (Å²) >= 11 is 0. The molecule has 13 heteroatoms. The van der Waals surface area contributed by atoms with Gasteiger partial charge in [0.25, 0.3) is 5.91 Å². The summed E-state index contributed by atoms with van der Waals surface area (Å²) in [5.41, 5.74) is 6.29. The summed E-state index contributed by atoms with van der Waals surface area (Å²) < 4.78 is 0. The minimum atomic E-state index is -0.879. The third kappa shape index (κ3) is 14.0. The van der Waals surface area contributed by atoms with Gasteiger partial charge in [-0.05, 0) is 50.2 Å². The number of hydrogen-bond acceptors (Lipinski definition) is 8. The molecule has 3 unspecified atom stereocenters. The number of nitrogens with two attached hydrogens (primary N) is 1. The lowest BCUT2D eigenvalue weighted by Crippen LogP contribution is -2.56. The Hall–Kier alpha value is -4.00. The molecule has 6 atom stereocenters. The molecule has 46 heavy (non-hydrogen) atoms. The summed E-state index contributed by atoms with van der Waals surface area (Å²) in [6.07, 6.45) is 4.08. The summed E-state index contributed by atoms with van der Waals surface area (Å²) in [7, 11) is 0. The van der Waals surface area contributed by atoms with E-state index in [0.717, 1.165) is 0 Å². The molecular weight excluding hydrogens is 588 g/mol. The highest BCUT2D eigenvalue weighted by molar-refractivity contribution is 5.97. The summed E-state index contributed by atoms with van der Waals surface area (Å²) in [6, 6.07) is -0.112. The fourth-order valence-corrected chi connectivity index (χ4v) is 4.79. The quantitative estimate of drug-likeness (QED) is 0.104. The molecule has 1 rings (SSSR count). The fourth-order valence-electron chi connectivity index (χ4n) is 4.79. The van der Waals surface area contributed by atoms with Gasteiger partial charge in [-0.15, -0.1) is 0 Å². The van der Waals surface area contributed by atoms with Crippen LogP contribution in [-0.4, -0.2) is 77.8 Å². The Morgan fingerprint density at radius 2 is 1.48 bits per heavy atom. The van der Waals surface area contributed by atoms with Crippen LogP contribution in [0.2, 0.25) is 0 Å². The average molecular weight is 645 g/mol. The number of primary amides is 1. The average Bonchev–Trinajstić information content (AvgIpc) is 2.99. The summed E-state index contributed by atoms with van der Waals surface area (Å²) in [6.45, 7) is 20.1. The third-order valence-corrected chi connectivity index (χ3v) is 7.67. The van der Waals surface area contributed by atoms with Crippen LogP contribution in [0.3, 0.4) is 0 Å². The van der Waals surface area contributed by atoms with Crippen LogP contribution in [0.5, 0.6) is 0 Å². The molecule has 5 amide bonds. The van der Waals surface area contributed by atoms with Crippen molar-refractivity contribution in [3.05, 3.63) is 42.4 Å². The predicted octanol–water partition coefficient (Wildman–Crippen LogP) is 1.36. The maximum absolute atomic E-state index is 13.5. The van der Waals surface area contributed by atoms with E-state index >= 15 is 0 Å². The van der Waals surface area contributed by atoms with E-state index in [1.165, 1.54) is 12.4 Å². The van der Waals surface area contributed by atoms with Gasteiger partial charge in [0, 0.05) is 42.8 Å². The highest BCUT2D eigenvalue weighted by Crippen LogP contribution is 2.13. The maximum atomic E-state index is 13.5. The van der Waals surface area contributed by atoms with E-state index in [0.29, 0.717) is 37.2 Å². The molecule has 0 aliphatic carbocycles. The van der Waals surface area contributed by atoms with Gasteiger partial charge in [0.05, 0.1) is 18.5 Å². The molecule has 8 N–H and O–H groups in total. The van der Waals surface area contributed by atoms with Gasteiger partial charge < -0.3 is 37.6 Å². The molecule has 0 spiro atoms. The van der Waals surface area contributed by atoms with E-state index in [2.05, 4.69) is 57.3 Å². The van der Waals surface area contributed by atoms with E-state index in [4.69, 9.17) is 5.73 Å². The molecule has 0 saturated heterocycles. The molecule has 258 valence electrons. The number of carbonyl (C=O) groups is 5. The number of likely N-dealkylation sites (N-methyl/N-ethyl adjacent to an activating group) is 1. The molecule has 13 nitrogen and oxygen atoms in total. The Morgan fingerprint density at radius 3 is 2.00 bits per heavy atom. The number of rotatable bonds is 21. The Balaban J connectivity index is 3.02. The number of carbonyl (C=O) groups excluding carboxylic acids is 5. The lowest BCUT2D eigenvalue weighted by atomic mass is 9.97. The topological polar surface area (TPSA) is 196 Å². The van der Waals surface area contributed by atoms with Crippen LogP contribution < -0.4 is 37.6 Å². The SMILES string of the molecule is C=C(NC(CN[C@@H](C)C(=O)NC(C(=O)NCC)C(C)C)CC(C)C)[C@H](CC(N)=O)NC(=O)C(NC(=O)c1ccncc1)[C@@H](C)CC. The van der Waals surface area contributed by atoms with Crippen molar-refractivity contribution >= 4 is 29.5 Å². The van der Waals surface area contributed by atoms with Gasteiger partial charge in [0.15, 0.2) is 0 Å². The summed E-state index contributed by atoms with van der Waals surface area (Å²) in [5.74, 6) is -2.11. The van der Waals surface area contributed by atoms with Crippen LogP contribution in [0.15, 0.2) is 36.8 Å². The van der Waals surface area contributed by atoms with Crippen LogP contribution in [-0.2, 0) is 19.2 Å². The Morgan fingerprint density at radius 1 is 0.848 bits per heavy atom. The largest absolute Gasteiger partial charge is 0.383 e. The molecular formula is C33H56N8O5. The van der Waals surface area contributed by atoms with Crippen molar-refractivity contribution in [2.75, 3.05) is 13.1 Å². The van der Waals surface area contributed by atoms with Crippen molar-refractivity contribution < 1.29 is 24.0 Å². The van der Waals surface area contributed by atoms with Gasteiger partial charge in [-0.1, -0.05) is 54.5 Å². The van der Waals surface area contributed by atoms with E-state index in [-0.39, 0.29) is 42.0 Å². The normalized spacial score (nSPS) is 15.1. The first-order valence-electron chi connectivity index (χ1n) is 16.2. The predicted molar refractivity (Wildman–Crippen MR) is 179 cm³/mol.